The lowest BCUT2D eigenvalue weighted by molar-refractivity contribution is -0.384. The lowest BCUT2D eigenvalue weighted by Gasteiger charge is -2.09. The van der Waals surface area contributed by atoms with Crippen molar-refractivity contribution in [3.8, 4) is 5.69 Å². The lowest BCUT2D eigenvalue weighted by atomic mass is 10.2. The molecule has 2 rings (SSSR count). The number of hydrogen-bond donors (Lipinski definition) is 0. The molecule has 0 aliphatic rings. The summed E-state index contributed by atoms with van der Waals surface area (Å²) in [4.78, 5) is 10.2. The summed E-state index contributed by atoms with van der Waals surface area (Å²) in [5, 5.41) is 14.2. The molecule has 0 aliphatic heterocycles. The van der Waals surface area contributed by atoms with Crippen LogP contribution in [0.1, 0.15) is 5.82 Å². The minimum absolute atomic E-state index is 0.275. The Kier molecular flexibility index (Phi) is 3.34. The highest BCUT2D eigenvalue weighted by molar-refractivity contribution is 7.71. The van der Waals surface area contributed by atoms with Gasteiger partial charge >= 0.3 is 6.18 Å². The summed E-state index contributed by atoms with van der Waals surface area (Å²) in [6.07, 6.45) is -4.78. The first kappa shape index (κ1) is 14.2. The zero-order valence-electron chi connectivity index (χ0n) is 9.96. The molecule has 1 aromatic heterocycles. The minimum Gasteiger partial charge on any atom is -0.258 e. The maximum Gasteiger partial charge on any atom is 0.452 e. The van der Waals surface area contributed by atoms with E-state index in [0.29, 0.717) is 4.57 Å². The Morgan fingerprint density at radius 1 is 1.35 bits per heavy atom. The number of benzene rings is 1. The number of aromatic nitrogens is 3. The van der Waals surface area contributed by atoms with Gasteiger partial charge in [-0.15, -0.1) is 5.10 Å². The number of nitro benzene ring substituents is 1. The molecule has 0 aliphatic carbocycles. The standard InChI is InChI=1S/C10H7F3N4O2S/c1-15-9(20)16(8(14-15)10(11,12)13)6-4-2-3-5-7(6)17(18)19/h2-5H,1H3. The minimum atomic E-state index is -4.78. The maximum atomic E-state index is 12.9. The van der Waals surface area contributed by atoms with Crippen molar-refractivity contribution in [1.29, 1.82) is 0 Å². The first-order valence-electron chi connectivity index (χ1n) is 5.20. The van der Waals surface area contributed by atoms with E-state index in [2.05, 4.69) is 5.10 Å². The smallest absolute Gasteiger partial charge is 0.258 e. The van der Waals surface area contributed by atoms with E-state index in [1.165, 1.54) is 25.2 Å². The van der Waals surface area contributed by atoms with Gasteiger partial charge in [0.25, 0.3) is 5.69 Å². The third-order valence-electron chi connectivity index (χ3n) is 2.50. The number of aryl methyl sites for hydroxylation is 1. The molecule has 0 atom stereocenters. The number of para-hydroxylation sites is 2. The van der Waals surface area contributed by atoms with Gasteiger partial charge in [0.1, 0.15) is 5.69 Å². The zero-order valence-corrected chi connectivity index (χ0v) is 10.8. The number of nitro groups is 1. The highest BCUT2D eigenvalue weighted by atomic mass is 32.1. The Balaban J connectivity index is 2.84. The Bertz CT molecular complexity index is 735. The van der Waals surface area contributed by atoms with Gasteiger partial charge in [-0.05, 0) is 18.3 Å². The van der Waals surface area contributed by atoms with Crippen molar-refractivity contribution in [3.05, 3.63) is 45.0 Å². The molecule has 2 aromatic rings. The molecule has 6 nitrogen and oxygen atoms in total. The molecule has 0 unspecified atom stereocenters. The van der Waals surface area contributed by atoms with Crippen LogP contribution in [0.25, 0.3) is 5.69 Å². The molecule has 1 heterocycles. The molecule has 0 amide bonds. The van der Waals surface area contributed by atoms with Crippen molar-refractivity contribution in [3.63, 3.8) is 0 Å². The fourth-order valence-corrected chi connectivity index (χ4v) is 1.90. The Hall–Kier alpha value is -2.23. The molecule has 1 aromatic carbocycles. The van der Waals surface area contributed by atoms with E-state index < -0.39 is 22.6 Å². The normalized spacial score (nSPS) is 11.6. The van der Waals surface area contributed by atoms with Crippen molar-refractivity contribution in [2.24, 2.45) is 7.05 Å². The highest BCUT2D eigenvalue weighted by Gasteiger charge is 2.39. The van der Waals surface area contributed by atoms with Crippen LogP contribution in [0.3, 0.4) is 0 Å². The van der Waals surface area contributed by atoms with Gasteiger partial charge in [-0.1, -0.05) is 12.1 Å². The predicted octanol–water partition coefficient (Wildman–Crippen LogP) is 2.87. The van der Waals surface area contributed by atoms with Gasteiger partial charge in [0.05, 0.1) is 4.92 Å². The molecule has 0 fully saturated rings. The summed E-state index contributed by atoms with van der Waals surface area (Å²) in [5.41, 5.74) is -0.759. The van der Waals surface area contributed by atoms with E-state index in [4.69, 9.17) is 12.2 Å². The van der Waals surface area contributed by atoms with Crippen LogP contribution in [0.5, 0.6) is 0 Å². The molecule has 106 valence electrons. The van der Waals surface area contributed by atoms with Crippen LogP contribution in [0.4, 0.5) is 18.9 Å². The number of rotatable bonds is 2. The number of hydrogen-bond acceptors (Lipinski definition) is 4. The third-order valence-corrected chi connectivity index (χ3v) is 2.94. The Morgan fingerprint density at radius 3 is 2.50 bits per heavy atom. The molecule has 0 saturated heterocycles. The van der Waals surface area contributed by atoms with Crippen LogP contribution in [0.15, 0.2) is 24.3 Å². The summed E-state index contributed by atoms with van der Waals surface area (Å²) in [6.45, 7) is 0. The topological polar surface area (TPSA) is 65.9 Å². The lowest BCUT2D eigenvalue weighted by Crippen LogP contribution is -2.15. The quantitative estimate of drug-likeness (QED) is 0.486. The summed E-state index contributed by atoms with van der Waals surface area (Å²) < 4.78 is 39.9. The summed E-state index contributed by atoms with van der Waals surface area (Å²) in [6, 6.07) is 5.03. The molecular formula is C10H7F3N4O2S. The molecule has 0 radical (unpaired) electrons. The fraction of sp³-hybridized carbons (Fsp3) is 0.200. The average molecular weight is 304 g/mol. The van der Waals surface area contributed by atoms with Gasteiger partial charge in [-0.2, -0.15) is 13.2 Å². The van der Waals surface area contributed by atoms with E-state index in [9.17, 15) is 23.3 Å². The number of alkyl halides is 3. The van der Waals surface area contributed by atoms with Gasteiger partial charge in [0.2, 0.25) is 10.6 Å². The van der Waals surface area contributed by atoms with Crippen molar-refractivity contribution >= 4 is 17.9 Å². The number of nitrogens with zero attached hydrogens (tertiary/aromatic N) is 4. The van der Waals surface area contributed by atoms with E-state index in [-0.39, 0.29) is 10.5 Å². The summed E-state index contributed by atoms with van der Waals surface area (Å²) in [5.74, 6) is -1.31. The fourth-order valence-electron chi connectivity index (χ4n) is 1.67. The van der Waals surface area contributed by atoms with E-state index >= 15 is 0 Å². The predicted molar refractivity (Wildman–Crippen MR) is 65.0 cm³/mol. The van der Waals surface area contributed by atoms with Gasteiger partial charge < -0.3 is 0 Å². The van der Waals surface area contributed by atoms with Gasteiger partial charge in [-0.3, -0.25) is 14.7 Å². The van der Waals surface area contributed by atoms with E-state index in [0.717, 1.165) is 10.7 Å². The number of halogens is 3. The monoisotopic (exact) mass is 304 g/mol. The largest absolute Gasteiger partial charge is 0.452 e. The maximum absolute atomic E-state index is 12.9. The van der Waals surface area contributed by atoms with Crippen LogP contribution in [-0.2, 0) is 13.2 Å². The highest BCUT2D eigenvalue weighted by Crippen LogP contribution is 2.32. The second-order valence-electron chi connectivity index (χ2n) is 3.81. The molecule has 10 heteroatoms. The van der Waals surface area contributed by atoms with Crippen LogP contribution in [0.2, 0.25) is 0 Å². The van der Waals surface area contributed by atoms with Crippen LogP contribution < -0.4 is 0 Å². The Morgan fingerprint density at radius 2 is 1.95 bits per heavy atom. The van der Waals surface area contributed by atoms with Gasteiger partial charge in [-0.25, -0.2) is 4.68 Å². The zero-order chi connectivity index (χ0) is 15.1. The van der Waals surface area contributed by atoms with Crippen molar-refractivity contribution < 1.29 is 18.1 Å². The van der Waals surface area contributed by atoms with Crippen LogP contribution in [-0.4, -0.2) is 19.3 Å². The SMILES string of the molecule is Cn1nc(C(F)(F)F)n(-c2ccccc2[N+](=O)[O-])c1=S. The molecule has 0 spiro atoms. The second kappa shape index (κ2) is 4.71. The molecular weight excluding hydrogens is 297 g/mol. The second-order valence-corrected chi connectivity index (χ2v) is 4.17. The van der Waals surface area contributed by atoms with Crippen molar-refractivity contribution in [2.75, 3.05) is 0 Å². The molecule has 0 saturated carbocycles. The van der Waals surface area contributed by atoms with Crippen LogP contribution >= 0.6 is 12.2 Å². The average Bonchev–Trinajstić information content (AvgIpc) is 2.66. The van der Waals surface area contributed by atoms with Crippen molar-refractivity contribution in [1.82, 2.24) is 14.3 Å². The Labute approximate surface area is 115 Å². The molecule has 20 heavy (non-hydrogen) atoms. The molecule has 0 N–H and O–H groups in total. The van der Waals surface area contributed by atoms with E-state index in [1.807, 2.05) is 0 Å². The first-order chi connectivity index (χ1) is 9.23. The van der Waals surface area contributed by atoms with Crippen LogP contribution in [0, 0.1) is 14.9 Å². The van der Waals surface area contributed by atoms with Crippen molar-refractivity contribution in [2.45, 2.75) is 6.18 Å². The van der Waals surface area contributed by atoms with E-state index in [1.54, 1.807) is 0 Å². The van der Waals surface area contributed by atoms with Gasteiger partial charge in [0.15, 0.2) is 0 Å². The third kappa shape index (κ3) is 2.29. The molecule has 0 bridgehead atoms. The first-order valence-corrected chi connectivity index (χ1v) is 5.61. The summed E-state index contributed by atoms with van der Waals surface area (Å²) in [7, 11) is 1.24. The van der Waals surface area contributed by atoms with Gasteiger partial charge in [0, 0.05) is 13.1 Å². The summed E-state index contributed by atoms with van der Waals surface area (Å²) >= 11 is 4.85.